The van der Waals surface area contributed by atoms with E-state index in [0.717, 1.165) is 43.4 Å². The third-order valence-corrected chi connectivity index (χ3v) is 6.58. The van der Waals surface area contributed by atoms with Crippen molar-refractivity contribution in [2.45, 2.75) is 57.5 Å². The zero-order valence-corrected chi connectivity index (χ0v) is 11.6. The van der Waals surface area contributed by atoms with Crippen LogP contribution in [0.2, 0.25) is 0 Å². The number of rotatable bonds is 0. The summed E-state index contributed by atoms with van der Waals surface area (Å²) >= 11 is 0. The highest BCUT2D eigenvalue weighted by molar-refractivity contribution is 5.91. The third kappa shape index (κ3) is 1.83. The third-order valence-electron chi connectivity index (χ3n) is 6.58. The van der Waals surface area contributed by atoms with E-state index in [-0.39, 0.29) is 6.10 Å². The largest absolute Gasteiger partial charge is 0.393 e. The second-order valence-electron chi connectivity index (χ2n) is 7.25. The van der Waals surface area contributed by atoms with Crippen LogP contribution in [0.4, 0.5) is 0 Å². The fraction of sp³-hybridized carbons (Fsp3) is 0.824. The Morgan fingerprint density at radius 2 is 1.58 bits per heavy atom. The van der Waals surface area contributed by atoms with Crippen molar-refractivity contribution in [1.29, 1.82) is 0 Å². The van der Waals surface area contributed by atoms with Crippen LogP contribution in [-0.4, -0.2) is 17.0 Å². The Balaban J connectivity index is 1.60. The van der Waals surface area contributed by atoms with E-state index in [1.807, 2.05) is 6.08 Å². The molecule has 0 aromatic heterocycles. The Labute approximate surface area is 115 Å². The molecule has 3 saturated carbocycles. The Morgan fingerprint density at radius 1 is 0.842 bits per heavy atom. The number of carbonyl (C=O) groups is 1. The minimum Gasteiger partial charge on any atom is -0.393 e. The fourth-order valence-corrected chi connectivity index (χ4v) is 5.81. The molecule has 0 amide bonds. The first-order chi connectivity index (χ1) is 9.24. The van der Waals surface area contributed by atoms with Gasteiger partial charge >= 0.3 is 0 Å². The number of hydrogen-bond acceptors (Lipinski definition) is 2. The zero-order chi connectivity index (χ0) is 13.0. The van der Waals surface area contributed by atoms with E-state index in [0.29, 0.717) is 17.6 Å². The molecule has 2 nitrogen and oxygen atoms in total. The van der Waals surface area contributed by atoms with Gasteiger partial charge < -0.3 is 5.11 Å². The number of aliphatic hydroxyl groups is 1. The molecule has 6 atom stereocenters. The van der Waals surface area contributed by atoms with Gasteiger partial charge in [-0.05, 0) is 80.6 Å². The standard InChI is InChI=1S/C17H24O2/c18-11-2-4-12-10(9-11)1-3-14-13(12)5-6-16-15(14)7-8-17(16)19/h9,12-17,19H,1-8H2. The second kappa shape index (κ2) is 4.44. The SMILES string of the molecule is O=C1C=C2CCC3C(CCC4C(O)CCC43)C2CC1. The molecule has 4 aliphatic carbocycles. The van der Waals surface area contributed by atoms with E-state index in [1.54, 1.807) is 0 Å². The van der Waals surface area contributed by atoms with Crippen molar-refractivity contribution in [3.63, 3.8) is 0 Å². The summed E-state index contributed by atoms with van der Waals surface area (Å²) in [7, 11) is 0. The van der Waals surface area contributed by atoms with Gasteiger partial charge in [-0.3, -0.25) is 4.79 Å². The van der Waals surface area contributed by atoms with Gasteiger partial charge in [-0.15, -0.1) is 0 Å². The van der Waals surface area contributed by atoms with Gasteiger partial charge in [0.15, 0.2) is 5.78 Å². The number of fused-ring (bicyclic) bond motifs is 5. The molecule has 4 rings (SSSR count). The Kier molecular flexibility index (Phi) is 2.84. The van der Waals surface area contributed by atoms with Crippen molar-refractivity contribution < 1.29 is 9.90 Å². The van der Waals surface area contributed by atoms with Crippen LogP contribution in [0, 0.1) is 29.6 Å². The first-order valence-electron chi connectivity index (χ1n) is 8.15. The van der Waals surface area contributed by atoms with Crippen molar-refractivity contribution in [3.8, 4) is 0 Å². The Morgan fingerprint density at radius 3 is 2.47 bits per heavy atom. The predicted molar refractivity (Wildman–Crippen MR) is 73.5 cm³/mol. The van der Waals surface area contributed by atoms with E-state index >= 15 is 0 Å². The molecule has 0 bridgehead atoms. The molecule has 19 heavy (non-hydrogen) atoms. The molecular weight excluding hydrogens is 236 g/mol. The molecule has 2 heteroatoms. The lowest BCUT2D eigenvalue weighted by Crippen LogP contribution is -2.42. The van der Waals surface area contributed by atoms with Gasteiger partial charge in [0.2, 0.25) is 0 Å². The highest BCUT2D eigenvalue weighted by Crippen LogP contribution is 2.56. The van der Waals surface area contributed by atoms with Crippen LogP contribution >= 0.6 is 0 Å². The van der Waals surface area contributed by atoms with Gasteiger partial charge in [0.05, 0.1) is 6.10 Å². The number of ketones is 1. The highest BCUT2D eigenvalue weighted by atomic mass is 16.3. The van der Waals surface area contributed by atoms with Gasteiger partial charge in [0.25, 0.3) is 0 Å². The normalized spacial score (nSPS) is 49.1. The van der Waals surface area contributed by atoms with Crippen LogP contribution in [0.15, 0.2) is 11.6 Å². The molecule has 0 aromatic carbocycles. The highest BCUT2D eigenvalue weighted by Gasteiger charge is 2.49. The van der Waals surface area contributed by atoms with Crippen LogP contribution in [0.1, 0.15) is 51.4 Å². The van der Waals surface area contributed by atoms with Crippen LogP contribution in [0.3, 0.4) is 0 Å². The van der Waals surface area contributed by atoms with Gasteiger partial charge in [-0.2, -0.15) is 0 Å². The van der Waals surface area contributed by atoms with Crippen molar-refractivity contribution in [1.82, 2.24) is 0 Å². The summed E-state index contributed by atoms with van der Waals surface area (Å²) < 4.78 is 0. The maximum atomic E-state index is 11.6. The molecule has 3 fully saturated rings. The van der Waals surface area contributed by atoms with E-state index in [4.69, 9.17) is 0 Å². The fourth-order valence-electron chi connectivity index (χ4n) is 5.81. The molecule has 104 valence electrons. The van der Waals surface area contributed by atoms with Crippen molar-refractivity contribution in [3.05, 3.63) is 11.6 Å². The molecule has 0 radical (unpaired) electrons. The topological polar surface area (TPSA) is 37.3 Å². The molecule has 0 aromatic rings. The van der Waals surface area contributed by atoms with E-state index in [9.17, 15) is 9.90 Å². The summed E-state index contributed by atoms with van der Waals surface area (Å²) in [6.07, 6.45) is 11.0. The average molecular weight is 260 g/mol. The minimum atomic E-state index is -0.0178. The van der Waals surface area contributed by atoms with Crippen LogP contribution in [0.5, 0.6) is 0 Å². The number of allylic oxidation sites excluding steroid dienone is 1. The summed E-state index contributed by atoms with van der Waals surface area (Å²) in [6.45, 7) is 0. The smallest absolute Gasteiger partial charge is 0.155 e. The lowest BCUT2D eigenvalue weighted by molar-refractivity contribution is -0.115. The van der Waals surface area contributed by atoms with Crippen molar-refractivity contribution >= 4 is 5.78 Å². The number of aliphatic hydroxyl groups excluding tert-OH is 1. The van der Waals surface area contributed by atoms with Gasteiger partial charge in [0, 0.05) is 6.42 Å². The van der Waals surface area contributed by atoms with Crippen LogP contribution in [-0.2, 0) is 4.79 Å². The molecule has 0 saturated heterocycles. The van der Waals surface area contributed by atoms with E-state index in [2.05, 4.69) is 0 Å². The zero-order valence-electron chi connectivity index (χ0n) is 11.6. The monoisotopic (exact) mass is 260 g/mol. The molecule has 4 aliphatic rings. The first-order valence-corrected chi connectivity index (χ1v) is 8.15. The van der Waals surface area contributed by atoms with Gasteiger partial charge in [0.1, 0.15) is 0 Å². The maximum Gasteiger partial charge on any atom is 0.155 e. The summed E-state index contributed by atoms with van der Waals surface area (Å²) in [6, 6.07) is 0. The molecule has 0 aliphatic heterocycles. The molecule has 1 N–H and O–H groups in total. The van der Waals surface area contributed by atoms with Gasteiger partial charge in [-0.1, -0.05) is 5.57 Å². The molecular formula is C17H24O2. The number of hydrogen-bond donors (Lipinski definition) is 1. The molecule has 6 unspecified atom stereocenters. The average Bonchev–Trinajstić information content (AvgIpc) is 2.80. The van der Waals surface area contributed by atoms with Gasteiger partial charge in [-0.25, -0.2) is 0 Å². The lowest BCUT2D eigenvalue weighted by atomic mass is 9.56. The van der Waals surface area contributed by atoms with E-state index < -0.39 is 0 Å². The summed E-state index contributed by atoms with van der Waals surface area (Å²) in [5, 5.41) is 10.1. The molecule has 0 spiro atoms. The summed E-state index contributed by atoms with van der Waals surface area (Å²) in [5.74, 6) is 4.10. The Hall–Kier alpha value is -0.630. The summed E-state index contributed by atoms with van der Waals surface area (Å²) in [5.41, 5.74) is 1.47. The molecule has 0 heterocycles. The second-order valence-corrected chi connectivity index (χ2v) is 7.25. The van der Waals surface area contributed by atoms with Crippen LogP contribution < -0.4 is 0 Å². The van der Waals surface area contributed by atoms with Crippen molar-refractivity contribution in [2.75, 3.05) is 0 Å². The first kappa shape index (κ1) is 12.1. The quantitative estimate of drug-likeness (QED) is 0.726. The van der Waals surface area contributed by atoms with E-state index in [1.165, 1.54) is 31.3 Å². The maximum absolute atomic E-state index is 11.6. The predicted octanol–water partition coefficient (Wildman–Crippen LogP) is 3.10. The minimum absolute atomic E-state index is 0.0178. The van der Waals surface area contributed by atoms with Crippen LogP contribution in [0.25, 0.3) is 0 Å². The number of carbonyl (C=O) groups excluding carboxylic acids is 1. The lowest BCUT2D eigenvalue weighted by Gasteiger charge is -2.49. The Bertz CT molecular complexity index is 425. The van der Waals surface area contributed by atoms with Crippen molar-refractivity contribution in [2.24, 2.45) is 29.6 Å². The summed E-state index contributed by atoms with van der Waals surface area (Å²) in [4.78, 5) is 11.6.